The standard InChI is InChI=1S/C20H27FN4O6S/c1-12(29-14-7-9-25(10-8-14)19(26)30-20(2,3)4)18-23-17(24-31-18)13-5-6-16(15(21)11-13)32(22,27)28/h5-6,11-12,14H,7-10H2,1-4H3,(H2,22,27,28). The third-order valence-corrected chi connectivity index (χ3v) is 5.72. The van der Waals surface area contributed by atoms with Gasteiger partial charge in [0.1, 0.15) is 22.4 Å². The van der Waals surface area contributed by atoms with Crippen molar-refractivity contribution in [2.45, 2.75) is 63.2 Å². The molecule has 3 rings (SSSR count). The number of carbonyl (C=O) groups excluding carboxylic acids is 1. The first-order valence-electron chi connectivity index (χ1n) is 10.1. The molecule has 0 radical (unpaired) electrons. The van der Waals surface area contributed by atoms with Gasteiger partial charge in [-0.15, -0.1) is 0 Å². The van der Waals surface area contributed by atoms with E-state index in [1.807, 2.05) is 20.8 Å². The van der Waals surface area contributed by atoms with Gasteiger partial charge in [-0.1, -0.05) is 5.16 Å². The second-order valence-corrected chi connectivity index (χ2v) is 10.1. The molecule has 0 bridgehead atoms. The molecule has 10 nitrogen and oxygen atoms in total. The summed E-state index contributed by atoms with van der Waals surface area (Å²) >= 11 is 0. The zero-order valence-electron chi connectivity index (χ0n) is 18.4. The van der Waals surface area contributed by atoms with Crippen LogP contribution >= 0.6 is 0 Å². The van der Waals surface area contributed by atoms with E-state index < -0.39 is 32.4 Å². The molecule has 0 spiro atoms. The summed E-state index contributed by atoms with van der Waals surface area (Å²) in [5, 5.41) is 8.79. The maximum atomic E-state index is 14.1. The lowest BCUT2D eigenvalue weighted by atomic mass is 10.1. The molecule has 1 fully saturated rings. The number of halogens is 1. The number of nitrogens with zero attached hydrogens (tertiary/aromatic N) is 3. The number of primary sulfonamides is 1. The van der Waals surface area contributed by atoms with Crippen molar-refractivity contribution in [3.63, 3.8) is 0 Å². The molecule has 176 valence electrons. The van der Waals surface area contributed by atoms with E-state index >= 15 is 0 Å². The van der Waals surface area contributed by atoms with Gasteiger partial charge in [-0.05, 0) is 58.7 Å². The number of sulfonamides is 1. The number of aromatic nitrogens is 2. The molecule has 2 aromatic rings. The van der Waals surface area contributed by atoms with E-state index in [0.717, 1.165) is 12.1 Å². The summed E-state index contributed by atoms with van der Waals surface area (Å²) in [7, 11) is -4.17. The van der Waals surface area contributed by atoms with E-state index in [4.69, 9.17) is 19.1 Å². The van der Waals surface area contributed by atoms with Crippen molar-refractivity contribution in [2.24, 2.45) is 5.14 Å². The number of carbonyl (C=O) groups is 1. The van der Waals surface area contributed by atoms with E-state index in [1.54, 1.807) is 11.8 Å². The van der Waals surface area contributed by atoms with Gasteiger partial charge < -0.3 is 18.9 Å². The molecule has 1 aromatic carbocycles. The van der Waals surface area contributed by atoms with Gasteiger partial charge in [0.05, 0.1) is 6.10 Å². The Kier molecular flexibility index (Phi) is 6.86. The summed E-state index contributed by atoms with van der Waals surface area (Å²) in [6.07, 6.45) is 0.287. The maximum Gasteiger partial charge on any atom is 0.410 e. The lowest BCUT2D eigenvalue weighted by molar-refractivity contribution is -0.0509. The molecule has 1 amide bonds. The van der Waals surface area contributed by atoms with E-state index in [2.05, 4.69) is 10.1 Å². The number of rotatable bonds is 5. The molecular weight excluding hydrogens is 443 g/mol. The number of piperidine rings is 1. The molecule has 32 heavy (non-hydrogen) atoms. The quantitative estimate of drug-likeness (QED) is 0.704. The summed E-state index contributed by atoms with van der Waals surface area (Å²) in [5.74, 6) is -0.710. The fourth-order valence-electron chi connectivity index (χ4n) is 3.24. The van der Waals surface area contributed by atoms with Crippen LogP contribution in [0.15, 0.2) is 27.6 Å². The molecule has 1 atom stereocenters. The summed E-state index contributed by atoms with van der Waals surface area (Å²) in [4.78, 5) is 17.4. The van der Waals surface area contributed by atoms with Crippen molar-refractivity contribution in [1.82, 2.24) is 15.0 Å². The molecular formula is C20H27FN4O6S. The minimum absolute atomic E-state index is 0.0927. The Morgan fingerprint density at radius 2 is 1.97 bits per heavy atom. The molecule has 1 aliphatic rings. The molecule has 1 unspecified atom stereocenters. The minimum Gasteiger partial charge on any atom is -0.444 e. The fourth-order valence-corrected chi connectivity index (χ4v) is 3.82. The minimum atomic E-state index is -4.17. The molecule has 1 saturated heterocycles. The zero-order valence-corrected chi connectivity index (χ0v) is 19.2. The van der Waals surface area contributed by atoms with E-state index in [0.29, 0.717) is 25.9 Å². The molecule has 1 aromatic heterocycles. The smallest absolute Gasteiger partial charge is 0.410 e. The number of amides is 1. The Labute approximate surface area is 185 Å². The van der Waals surface area contributed by atoms with E-state index in [-0.39, 0.29) is 29.5 Å². The second-order valence-electron chi connectivity index (χ2n) is 8.59. The number of hydrogen-bond acceptors (Lipinski definition) is 8. The highest BCUT2D eigenvalue weighted by molar-refractivity contribution is 7.89. The Morgan fingerprint density at radius 3 is 2.53 bits per heavy atom. The van der Waals surface area contributed by atoms with Crippen LogP contribution in [0, 0.1) is 5.82 Å². The van der Waals surface area contributed by atoms with Crippen LogP contribution in [0.5, 0.6) is 0 Å². The van der Waals surface area contributed by atoms with Crippen LogP contribution in [0.4, 0.5) is 9.18 Å². The Hall–Kier alpha value is -2.57. The van der Waals surface area contributed by atoms with Gasteiger partial charge >= 0.3 is 6.09 Å². The van der Waals surface area contributed by atoms with Crippen LogP contribution in [-0.4, -0.2) is 54.3 Å². The maximum absolute atomic E-state index is 14.1. The van der Waals surface area contributed by atoms with Gasteiger partial charge in [-0.2, -0.15) is 4.98 Å². The first kappa shape index (κ1) is 24.1. The van der Waals surface area contributed by atoms with E-state index in [9.17, 15) is 17.6 Å². The topological polar surface area (TPSA) is 138 Å². The zero-order chi connectivity index (χ0) is 23.7. The average Bonchev–Trinajstić information content (AvgIpc) is 3.16. The van der Waals surface area contributed by atoms with Crippen molar-refractivity contribution in [3.8, 4) is 11.4 Å². The van der Waals surface area contributed by atoms with Gasteiger partial charge in [0, 0.05) is 18.7 Å². The second kappa shape index (κ2) is 9.12. The molecule has 2 N–H and O–H groups in total. The van der Waals surface area contributed by atoms with Gasteiger partial charge in [0.15, 0.2) is 0 Å². The number of likely N-dealkylation sites (tertiary alicyclic amines) is 1. The van der Waals surface area contributed by atoms with Gasteiger partial charge in [0.25, 0.3) is 5.89 Å². The number of hydrogen-bond donors (Lipinski definition) is 1. The highest BCUT2D eigenvalue weighted by Gasteiger charge is 2.29. The molecule has 12 heteroatoms. The summed E-state index contributed by atoms with van der Waals surface area (Å²) in [6, 6.07) is 3.37. The summed E-state index contributed by atoms with van der Waals surface area (Å²) in [6.45, 7) is 8.24. The highest BCUT2D eigenvalue weighted by Crippen LogP contribution is 2.26. The van der Waals surface area contributed by atoms with Crippen LogP contribution in [0.3, 0.4) is 0 Å². The van der Waals surface area contributed by atoms with Crippen LogP contribution < -0.4 is 5.14 Å². The average molecular weight is 471 g/mol. The fraction of sp³-hybridized carbons (Fsp3) is 0.550. The van der Waals surface area contributed by atoms with Crippen LogP contribution in [-0.2, 0) is 19.5 Å². The Balaban J connectivity index is 1.58. The third-order valence-electron chi connectivity index (χ3n) is 4.78. The normalized spacial score (nSPS) is 16.8. The van der Waals surface area contributed by atoms with Gasteiger partial charge in [-0.3, -0.25) is 0 Å². The highest BCUT2D eigenvalue weighted by atomic mass is 32.2. The number of benzene rings is 1. The van der Waals surface area contributed by atoms with Gasteiger partial charge in [-0.25, -0.2) is 22.7 Å². The molecule has 0 saturated carbocycles. The Morgan fingerprint density at radius 1 is 1.31 bits per heavy atom. The molecule has 2 heterocycles. The van der Waals surface area contributed by atoms with Gasteiger partial charge in [0.2, 0.25) is 15.8 Å². The predicted molar refractivity (Wildman–Crippen MR) is 111 cm³/mol. The molecule has 0 aliphatic carbocycles. The first-order chi connectivity index (χ1) is 14.8. The summed E-state index contributed by atoms with van der Waals surface area (Å²) < 4.78 is 53.4. The Bertz CT molecular complexity index is 1070. The molecule has 1 aliphatic heterocycles. The van der Waals surface area contributed by atoms with Crippen molar-refractivity contribution in [3.05, 3.63) is 29.9 Å². The van der Waals surface area contributed by atoms with Crippen molar-refractivity contribution in [2.75, 3.05) is 13.1 Å². The van der Waals surface area contributed by atoms with Crippen molar-refractivity contribution in [1.29, 1.82) is 0 Å². The van der Waals surface area contributed by atoms with Crippen LogP contribution in [0.25, 0.3) is 11.4 Å². The predicted octanol–water partition coefficient (Wildman–Crippen LogP) is 3.00. The van der Waals surface area contributed by atoms with Crippen LogP contribution in [0.2, 0.25) is 0 Å². The lowest BCUT2D eigenvalue weighted by Gasteiger charge is -2.34. The number of ether oxygens (including phenoxy) is 2. The van der Waals surface area contributed by atoms with Crippen LogP contribution in [0.1, 0.15) is 52.5 Å². The lowest BCUT2D eigenvalue weighted by Crippen LogP contribution is -2.43. The summed E-state index contributed by atoms with van der Waals surface area (Å²) in [5.41, 5.74) is -0.307. The van der Waals surface area contributed by atoms with E-state index in [1.165, 1.54) is 6.07 Å². The van der Waals surface area contributed by atoms with Crippen molar-refractivity contribution >= 4 is 16.1 Å². The van der Waals surface area contributed by atoms with Crippen molar-refractivity contribution < 1.29 is 31.6 Å². The first-order valence-corrected chi connectivity index (χ1v) is 11.7. The number of nitrogens with two attached hydrogens (primary N) is 1. The monoisotopic (exact) mass is 470 g/mol. The third kappa shape index (κ3) is 6.02. The largest absolute Gasteiger partial charge is 0.444 e. The SMILES string of the molecule is CC(OC1CCN(C(=O)OC(C)(C)C)CC1)c1nc(-c2ccc(S(N)(=O)=O)c(F)c2)no1.